The standard InChI is InChI=1S/C34H37N4O4S2.Fe/c1-15-21(7-9-31(39)40)27-14-28-22(8-10-32-41-42-32)16(2)24(36-28)12-29-34(20(6)44)18(4)26(38-29)13-30-33(19(5)43)17(3)25(37-30)11-23(15)35-27;/h11-14,19-20,32H,7-10H2,1-6H3,(H4-,35,36,37,38,39,40,43,44);/q-1;+2/p-1/t19-,20-;/m0./s1. The number of aryl methyl sites for hydroxylation is 3. The molecule has 3 aliphatic heterocycles. The Balaban J connectivity index is 0.00000400. The van der Waals surface area contributed by atoms with Crippen molar-refractivity contribution in [3.05, 3.63) is 69.3 Å². The quantitative estimate of drug-likeness (QED) is 0.0971. The molecule has 3 aliphatic rings. The molecule has 0 amide bonds. The first kappa shape index (κ1) is 33.6. The fraction of sp³-hybridized carbons (Fsp3) is 0.382. The third-order valence-corrected chi connectivity index (χ3v) is 9.28. The van der Waals surface area contributed by atoms with E-state index in [2.05, 4.69) is 27.7 Å². The Hall–Kier alpha value is -2.79. The molecule has 2 atom stereocenters. The van der Waals surface area contributed by atoms with E-state index in [1.54, 1.807) is 0 Å². The number of allylic oxidation sites excluding steroid dienone is 3. The van der Waals surface area contributed by atoms with Crippen molar-refractivity contribution >= 4 is 75.6 Å². The number of aromatic nitrogens is 4. The van der Waals surface area contributed by atoms with Crippen molar-refractivity contribution in [1.29, 1.82) is 0 Å². The van der Waals surface area contributed by atoms with E-state index < -0.39 is 5.97 Å². The Kier molecular flexibility index (Phi) is 9.80. The number of thiol groups is 2. The molecule has 45 heavy (non-hydrogen) atoms. The summed E-state index contributed by atoms with van der Waals surface area (Å²) in [7, 11) is 0. The molecule has 8 nitrogen and oxygen atoms in total. The molecule has 0 aromatic carbocycles. The van der Waals surface area contributed by atoms with Crippen molar-refractivity contribution in [1.82, 2.24) is 19.9 Å². The van der Waals surface area contributed by atoms with Crippen molar-refractivity contribution in [3.8, 4) is 0 Å². The van der Waals surface area contributed by atoms with E-state index in [1.165, 1.54) is 0 Å². The molecule has 1 N–H and O–H groups in total. The van der Waals surface area contributed by atoms with Crippen molar-refractivity contribution in [2.75, 3.05) is 0 Å². The molecule has 0 saturated carbocycles. The zero-order chi connectivity index (χ0) is 31.4. The second kappa shape index (κ2) is 13.1. The third-order valence-electron chi connectivity index (χ3n) is 8.76. The summed E-state index contributed by atoms with van der Waals surface area (Å²) in [6, 6.07) is 8.08. The Morgan fingerprint density at radius 3 is 2.04 bits per heavy atom. The van der Waals surface area contributed by atoms with E-state index >= 15 is 0 Å². The zero-order valence-electron chi connectivity index (χ0n) is 26.1. The number of hydrogen-bond donors (Lipinski definition) is 3. The van der Waals surface area contributed by atoms with Gasteiger partial charge < -0.3 is 15.1 Å². The van der Waals surface area contributed by atoms with Gasteiger partial charge in [-0.2, -0.15) is 35.0 Å². The Labute approximate surface area is 284 Å². The number of fused-ring (bicyclic) bond motifs is 8. The van der Waals surface area contributed by atoms with E-state index in [-0.39, 0.29) is 40.3 Å². The molecule has 3 aromatic heterocycles. The molecule has 6 heterocycles. The van der Waals surface area contributed by atoms with Gasteiger partial charge in [0.25, 0.3) is 0 Å². The number of carboxylic acids is 1. The summed E-state index contributed by atoms with van der Waals surface area (Å²) in [5.74, 6) is -0.850. The molecule has 1 fully saturated rings. The second-order valence-electron chi connectivity index (χ2n) is 11.8. The first-order chi connectivity index (χ1) is 20.9. The third kappa shape index (κ3) is 6.57. The predicted octanol–water partition coefficient (Wildman–Crippen LogP) is 7.44. The second-order valence-corrected chi connectivity index (χ2v) is 13.3. The van der Waals surface area contributed by atoms with Crippen LogP contribution in [0.3, 0.4) is 0 Å². The van der Waals surface area contributed by atoms with Crippen molar-refractivity contribution in [3.63, 3.8) is 0 Å². The fourth-order valence-electron chi connectivity index (χ4n) is 6.32. The molecular weight excluding hydrogens is 648 g/mol. The minimum Gasteiger partial charge on any atom is -0.657 e. The van der Waals surface area contributed by atoms with Gasteiger partial charge in [0.05, 0.1) is 22.8 Å². The van der Waals surface area contributed by atoms with Gasteiger partial charge in [-0.3, -0.25) is 4.79 Å². The van der Waals surface area contributed by atoms with Crippen LogP contribution in [0.1, 0.15) is 97.2 Å². The molecule has 8 bridgehead atoms. The van der Waals surface area contributed by atoms with Crippen LogP contribution in [-0.2, 0) is 38.1 Å². The Morgan fingerprint density at radius 1 is 0.822 bits per heavy atom. The molecule has 1 saturated heterocycles. The molecule has 0 radical (unpaired) electrons. The van der Waals surface area contributed by atoms with E-state index in [0.29, 0.717) is 19.3 Å². The van der Waals surface area contributed by atoms with E-state index in [9.17, 15) is 9.90 Å². The van der Waals surface area contributed by atoms with Gasteiger partial charge in [-0.15, -0.1) is 22.1 Å². The summed E-state index contributed by atoms with van der Waals surface area (Å²) in [4.78, 5) is 42.0. The van der Waals surface area contributed by atoms with Crippen LogP contribution in [0, 0.1) is 13.8 Å². The van der Waals surface area contributed by atoms with Crippen LogP contribution in [0.5, 0.6) is 0 Å². The maximum Gasteiger partial charge on any atom is 2.00 e. The molecular formula is C34H36FeN4O4S2. The maximum absolute atomic E-state index is 11.6. The number of carbonyl (C=O) groups is 1. The summed E-state index contributed by atoms with van der Waals surface area (Å²) < 4.78 is 0. The van der Waals surface area contributed by atoms with Gasteiger partial charge in [0, 0.05) is 23.3 Å². The van der Waals surface area contributed by atoms with Gasteiger partial charge in [0.1, 0.15) is 0 Å². The number of aliphatic carboxylic acids is 1. The monoisotopic (exact) mass is 684 g/mol. The van der Waals surface area contributed by atoms with Crippen LogP contribution in [0.25, 0.3) is 44.4 Å². The molecule has 0 aliphatic carbocycles. The molecule has 6 rings (SSSR count). The Bertz CT molecular complexity index is 1920. The van der Waals surface area contributed by atoms with Gasteiger partial charge in [0.2, 0.25) is 6.29 Å². The SMILES string of the molecule is CC1=C(CCC2OO2)c2cc3[n-]c(cc4nc(cc5[n-]c(cc1n2)c([C@H](C)S)c5C)C([C@H](C)S)=C4C)c(C)c3CCC(=O)O.[Fe+2]. The van der Waals surface area contributed by atoms with E-state index in [0.717, 1.165) is 89.4 Å². The molecule has 11 heteroatoms. The summed E-state index contributed by atoms with van der Waals surface area (Å²) >= 11 is 9.65. The summed E-state index contributed by atoms with van der Waals surface area (Å²) in [6.45, 7) is 12.3. The van der Waals surface area contributed by atoms with Crippen molar-refractivity contribution in [2.45, 2.75) is 84.0 Å². The van der Waals surface area contributed by atoms with Crippen LogP contribution in [0.2, 0.25) is 0 Å². The minimum absolute atomic E-state index is 0. The largest absolute Gasteiger partial charge is 2.00 e. The van der Waals surface area contributed by atoms with Gasteiger partial charge >= 0.3 is 23.0 Å². The minimum atomic E-state index is -0.850. The molecule has 236 valence electrons. The molecule has 3 aromatic rings. The fourth-order valence-corrected chi connectivity index (χ4v) is 6.97. The smallest absolute Gasteiger partial charge is 0.657 e. The van der Waals surface area contributed by atoms with Crippen LogP contribution in [0.4, 0.5) is 0 Å². The van der Waals surface area contributed by atoms with Crippen molar-refractivity contribution in [2.24, 2.45) is 0 Å². The zero-order valence-corrected chi connectivity index (χ0v) is 29.0. The van der Waals surface area contributed by atoms with E-state index in [4.69, 9.17) is 55.0 Å². The van der Waals surface area contributed by atoms with Gasteiger partial charge in [-0.05, 0) is 82.2 Å². The number of carboxylic acid groups (broad SMARTS) is 1. The van der Waals surface area contributed by atoms with Gasteiger partial charge in [-0.25, -0.2) is 9.97 Å². The number of rotatable bonds is 8. The van der Waals surface area contributed by atoms with E-state index in [1.807, 2.05) is 38.1 Å². The van der Waals surface area contributed by atoms with Crippen LogP contribution in [0.15, 0.2) is 24.3 Å². The summed E-state index contributed by atoms with van der Waals surface area (Å²) in [5, 5.41) is 9.43. The molecule has 0 unspecified atom stereocenters. The molecule has 0 spiro atoms. The summed E-state index contributed by atoms with van der Waals surface area (Å²) in [6.07, 6.45) is 1.57. The maximum atomic E-state index is 11.6. The van der Waals surface area contributed by atoms with Gasteiger partial charge in [-0.1, -0.05) is 41.0 Å². The normalized spacial score (nSPS) is 16.2. The number of hydrogen-bond acceptors (Lipinski definition) is 7. The van der Waals surface area contributed by atoms with Crippen LogP contribution < -0.4 is 9.97 Å². The van der Waals surface area contributed by atoms with Gasteiger partial charge in [0.15, 0.2) is 0 Å². The predicted molar refractivity (Wildman–Crippen MR) is 180 cm³/mol. The average molecular weight is 685 g/mol. The summed E-state index contributed by atoms with van der Waals surface area (Å²) in [5.41, 5.74) is 14.6. The average Bonchev–Trinajstić information content (AvgIpc) is 3.46. The van der Waals surface area contributed by atoms with Crippen LogP contribution >= 0.6 is 25.3 Å². The number of nitrogens with zero attached hydrogens (tertiary/aromatic N) is 4. The topological polar surface area (TPSA) is 116 Å². The first-order valence-electron chi connectivity index (χ1n) is 14.9. The first-order valence-corrected chi connectivity index (χ1v) is 15.9. The van der Waals surface area contributed by atoms with Crippen molar-refractivity contribution < 1.29 is 36.7 Å². The Morgan fingerprint density at radius 2 is 1.40 bits per heavy atom. The van der Waals surface area contributed by atoms with Crippen LogP contribution in [-0.4, -0.2) is 32.6 Å².